The van der Waals surface area contributed by atoms with Crippen LogP contribution in [0.1, 0.15) is 50.7 Å². The first-order valence-corrected chi connectivity index (χ1v) is 15.0. The third-order valence-electron chi connectivity index (χ3n) is 7.66. The molecule has 2 heterocycles. The fourth-order valence-electron chi connectivity index (χ4n) is 5.32. The summed E-state index contributed by atoms with van der Waals surface area (Å²) in [6.45, 7) is 5.34. The Balaban J connectivity index is 1.49. The predicted molar refractivity (Wildman–Crippen MR) is 174 cm³/mol. The zero-order chi connectivity index (χ0) is 31.6. The summed E-state index contributed by atoms with van der Waals surface area (Å²) in [4.78, 5) is 16.8. The van der Waals surface area contributed by atoms with Crippen molar-refractivity contribution in [3.63, 3.8) is 0 Å². The van der Waals surface area contributed by atoms with E-state index in [2.05, 4.69) is 26.0 Å². The number of amidine groups is 1. The summed E-state index contributed by atoms with van der Waals surface area (Å²) >= 11 is 6.28. The molecule has 0 spiro atoms. The normalized spacial score (nSPS) is 17.5. The molecule has 0 unspecified atom stereocenters. The number of aliphatic hydroxyl groups is 1. The van der Waals surface area contributed by atoms with Gasteiger partial charge >= 0.3 is 6.03 Å². The van der Waals surface area contributed by atoms with E-state index < -0.39 is 17.4 Å². The molecule has 10 nitrogen and oxygen atoms in total. The number of nitrogens with two attached hydrogens (primary N) is 2. The van der Waals surface area contributed by atoms with E-state index >= 15 is 0 Å². The molecule has 0 radical (unpaired) electrons. The minimum absolute atomic E-state index is 0.122. The lowest BCUT2D eigenvalue weighted by Gasteiger charge is -2.28. The van der Waals surface area contributed by atoms with Gasteiger partial charge < -0.3 is 32.5 Å². The van der Waals surface area contributed by atoms with Crippen LogP contribution >= 0.6 is 11.6 Å². The van der Waals surface area contributed by atoms with Crippen LogP contribution in [0.2, 0.25) is 5.02 Å². The molecule has 0 bridgehead atoms. The fraction of sp³-hybridized carbons (Fsp3) is 0.344. The molecule has 2 amide bonds. The average Bonchev–Trinajstić information content (AvgIpc) is 3.39. The van der Waals surface area contributed by atoms with E-state index in [1.54, 1.807) is 24.6 Å². The van der Waals surface area contributed by atoms with Gasteiger partial charge in [-0.1, -0.05) is 17.7 Å². The maximum Gasteiger partial charge on any atom is 0.319 e. The number of hydrogen-bond acceptors (Lipinski definition) is 6. The van der Waals surface area contributed by atoms with Crippen LogP contribution in [-0.4, -0.2) is 50.8 Å². The molecule has 2 aromatic carbocycles. The van der Waals surface area contributed by atoms with Crippen LogP contribution in [0.3, 0.4) is 0 Å². The van der Waals surface area contributed by atoms with Crippen LogP contribution in [0.15, 0.2) is 59.9 Å². The van der Waals surface area contributed by atoms with Crippen molar-refractivity contribution in [3.05, 3.63) is 76.8 Å². The SMILES string of the molecule is Cc1cc(NC(=O)NCC(C)(C)O)ccc1-c1cc2c(N[C@H]3CC[C@H](N)CC3)c(/C(N)=N/c3cc(F)ccc3Cl)cnn2c1. The molecule has 5 rings (SSSR count). The van der Waals surface area contributed by atoms with Gasteiger partial charge in [0.1, 0.15) is 11.7 Å². The van der Waals surface area contributed by atoms with E-state index in [0.29, 0.717) is 11.3 Å². The number of urea groups is 1. The summed E-state index contributed by atoms with van der Waals surface area (Å²) < 4.78 is 15.7. The highest BCUT2D eigenvalue weighted by molar-refractivity contribution is 6.33. The third kappa shape index (κ3) is 7.47. The second-order valence-electron chi connectivity index (χ2n) is 12.0. The first-order chi connectivity index (χ1) is 20.9. The number of rotatable bonds is 8. The summed E-state index contributed by atoms with van der Waals surface area (Å²) in [5.41, 5.74) is 17.5. The summed E-state index contributed by atoms with van der Waals surface area (Å²) in [7, 11) is 0. The van der Waals surface area contributed by atoms with Crippen molar-refractivity contribution >= 4 is 46.0 Å². The highest BCUT2D eigenvalue weighted by Gasteiger charge is 2.23. The Morgan fingerprint density at radius 1 is 1.18 bits per heavy atom. The smallest absolute Gasteiger partial charge is 0.319 e. The van der Waals surface area contributed by atoms with Gasteiger partial charge in [0.2, 0.25) is 0 Å². The quantitative estimate of drug-likeness (QED) is 0.109. The molecule has 1 aliphatic rings. The number of fused-ring (bicyclic) bond motifs is 1. The van der Waals surface area contributed by atoms with Crippen molar-refractivity contribution in [2.45, 2.75) is 64.1 Å². The molecule has 1 saturated carbocycles. The number of halogens is 2. The topological polar surface area (TPSA) is 155 Å². The number of carbonyl (C=O) groups is 1. The monoisotopic (exact) mass is 620 g/mol. The van der Waals surface area contributed by atoms with Crippen molar-refractivity contribution in [3.8, 4) is 11.1 Å². The molecule has 0 aliphatic heterocycles. The first kappa shape index (κ1) is 31.2. The van der Waals surface area contributed by atoms with Gasteiger partial charge in [0.05, 0.1) is 39.3 Å². The van der Waals surface area contributed by atoms with Gasteiger partial charge in [-0.2, -0.15) is 5.10 Å². The summed E-state index contributed by atoms with van der Waals surface area (Å²) in [6, 6.07) is 11.6. The van der Waals surface area contributed by atoms with Gasteiger partial charge in [0.15, 0.2) is 0 Å². The van der Waals surface area contributed by atoms with Crippen LogP contribution in [0.4, 0.5) is 26.2 Å². The van der Waals surface area contributed by atoms with E-state index in [-0.39, 0.29) is 35.2 Å². The van der Waals surface area contributed by atoms with Crippen molar-refractivity contribution < 1.29 is 14.3 Å². The molecule has 2 aromatic heterocycles. The molecule has 1 fully saturated rings. The second-order valence-corrected chi connectivity index (χ2v) is 12.4. The average molecular weight is 621 g/mol. The number of nitrogens with one attached hydrogen (secondary N) is 3. The predicted octanol–water partition coefficient (Wildman–Crippen LogP) is 5.71. The second kappa shape index (κ2) is 12.8. The van der Waals surface area contributed by atoms with Crippen LogP contribution in [0.5, 0.6) is 0 Å². The molecular formula is C32H38ClFN8O2. The Morgan fingerprint density at radius 2 is 1.93 bits per heavy atom. The number of nitrogens with zero attached hydrogens (tertiary/aromatic N) is 3. The zero-order valence-corrected chi connectivity index (χ0v) is 25.8. The van der Waals surface area contributed by atoms with Crippen molar-refractivity contribution in [1.29, 1.82) is 0 Å². The molecule has 8 N–H and O–H groups in total. The number of carbonyl (C=O) groups excluding carboxylic acids is 1. The fourth-order valence-corrected chi connectivity index (χ4v) is 5.48. The molecule has 4 aromatic rings. The van der Waals surface area contributed by atoms with Gasteiger partial charge in [-0.15, -0.1) is 0 Å². The van der Waals surface area contributed by atoms with Gasteiger partial charge in [-0.3, -0.25) is 0 Å². The van der Waals surface area contributed by atoms with Crippen LogP contribution in [-0.2, 0) is 0 Å². The Hall–Kier alpha value is -4.19. The van der Waals surface area contributed by atoms with Gasteiger partial charge in [0, 0.05) is 42.1 Å². The van der Waals surface area contributed by atoms with Gasteiger partial charge in [-0.05, 0) is 87.9 Å². The van der Waals surface area contributed by atoms with Crippen LogP contribution in [0.25, 0.3) is 16.6 Å². The maximum atomic E-state index is 13.9. The molecule has 0 atom stereocenters. The van der Waals surface area contributed by atoms with Crippen LogP contribution < -0.4 is 27.4 Å². The number of hydrogen-bond donors (Lipinski definition) is 6. The number of amides is 2. The molecule has 12 heteroatoms. The van der Waals surface area contributed by atoms with E-state index in [1.807, 2.05) is 37.4 Å². The van der Waals surface area contributed by atoms with E-state index in [4.69, 9.17) is 23.1 Å². The van der Waals surface area contributed by atoms with Crippen LogP contribution in [0, 0.1) is 12.7 Å². The lowest BCUT2D eigenvalue weighted by molar-refractivity contribution is 0.0826. The number of aromatic nitrogens is 2. The first-order valence-electron chi connectivity index (χ1n) is 14.6. The molecule has 232 valence electrons. The summed E-state index contributed by atoms with van der Waals surface area (Å²) in [5, 5.41) is 23.9. The van der Waals surface area contributed by atoms with Gasteiger partial charge in [0.25, 0.3) is 0 Å². The zero-order valence-electron chi connectivity index (χ0n) is 25.0. The number of aryl methyl sites for hydroxylation is 1. The lowest BCUT2D eigenvalue weighted by atomic mass is 9.91. The molecular weight excluding hydrogens is 583 g/mol. The van der Waals surface area contributed by atoms with E-state index in [9.17, 15) is 14.3 Å². The number of benzene rings is 2. The molecule has 44 heavy (non-hydrogen) atoms. The van der Waals surface area contributed by atoms with Gasteiger partial charge in [-0.25, -0.2) is 18.7 Å². The standard InChI is InChI=1S/C32H38ClFN8O2/c1-18-12-23(40-31(43)37-17-32(2,3)44)9-10-24(18)19-13-28-29(39-22-7-5-21(35)6-8-22)25(15-38-42(28)16-19)30(36)41-27-14-20(34)4-11-26(27)33/h4,9-16,21-22,39,44H,5-8,17,35H2,1-3H3,(H2,36,41)(H2,37,40,43)/t21-,22-. The Kier molecular flexibility index (Phi) is 9.10. The molecule has 1 aliphatic carbocycles. The maximum absolute atomic E-state index is 13.9. The Labute approximate surface area is 260 Å². The number of anilines is 2. The number of aliphatic imine (C=N–C) groups is 1. The van der Waals surface area contributed by atoms with Crippen molar-refractivity contribution in [2.24, 2.45) is 16.5 Å². The largest absolute Gasteiger partial charge is 0.389 e. The molecule has 0 saturated heterocycles. The summed E-state index contributed by atoms with van der Waals surface area (Å²) in [6.07, 6.45) is 7.23. The van der Waals surface area contributed by atoms with Crippen molar-refractivity contribution in [2.75, 3.05) is 17.2 Å². The van der Waals surface area contributed by atoms with E-state index in [0.717, 1.165) is 53.6 Å². The minimum atomic E-state index is -1.01. The lowest BCUT2D eigenvalue weighted by Crippen LogP contribution is -2.40. The summed E-state index contributed by atoms with van der Waals surface area (Å²) in [5.74, 6) is -0.311. The highest BCUT2D eigenvalue weighted by Crippen LogP contribution is 2.34. The third-order valence-corrected chi connectivity index (χ3v) is 7.98. The Morgan fingerprint density at radius 3 is 2.64 bits per heavy atom. The van der Waals surface area contributed by atoms with Crippen molar-refractivity contribution in [1.82, 2.24) is 14.9 Å². The minimum Gasteiger partial charge on any atom is -0.389 e. The van der Waals surface area contributed by atoms with E-state index in [1.165, 1.54) is 18.2 Å². The highest BCUT2D eigenvalue weighted by atomic mass is 35.5. The Bertz CT molecular complexity index is 1710.